The van der Waals surface area contributed by atoms with Crippen molar-refractivity contribution in [2.75, 3.05) is 27.3 Å². The molecule has 25 heavy (non-hydrogen) atoms. The van der Waals surface area contributed by atoms with Crippen molar-refractivity contribution < 1.29 is 14.3 Å². The number of rotatable bonds is 4. The maximum Gasteiger partial charge on any atom is 0.272 e. The number of pyridine rings is 1. The molecule has 3 rings (SSSR count). The number of methoxy groups -OCH3 is 2. The molecule has 1 aromatic carbocycles. The molecule has 1 aromatic heterocycles. The largest absolute Gasteiger partial charge is 0.493 e. The van der Waals surface area contributed by atoms with E-state index in [1.165, 1.54) is 11.1 Å². The number of ether oxygens (including phenoxy) is 2. The van der Waals surface area contributed by atoms with Crippen LogP contribution in [-0.2, 0) is 19.3 Å². The molecule has 2 aromatic rings. The lowest BCUT2D eigenvalue weighted by molar-refractivity contribution is 0.0757. The number of hydrogen-bond donors (Lipinski definition) is 0. The average Bonchev–Trinajstić information content (AvgIpc) is 2.88. The number of aryl methyl sites for hydroxylation is 1. The Labute approximate surface area is 148 Å². The molecule has 0 aliphatic carbocycles. The molecule has 0 atom stereocenters. The topological polar surface area (TPSA) is 51.7 Å². The Hall–Kier alpha value is -2.56. The minimum absolute atomic E-state index is 0.00189. The van der Waals surface area contributed by atoms with Crippen LogP contribution in [0.2, 0.25) is 0 Å². The number of carbonyl (C=O) groups excluding carboxylic acids is 1. The lowest BCUT2D eigenvalue weighted by Crippen LogP contribution is -2.33. The van der Waals surface area contributed by atoms with Crippen LogP contribution in [0.3, 0.4) is 0 Å². The molecule has 0 unspecified atom stereocenters. The van der Waals surface area contributed by atoms with Gasteiger partial charge in [-0.2, -0.15) is 0 Å². The molecule has 0 bridgehead atoms. The second-order valence-electron chi connectivity index (χ2n) is 6.17. The summed E-state index contributed by atoms with van der Waals surface area (Å²) in [6.45, 7) is 3.44. The highest BCUT2D eigenvalue weighted by molar-refractivity contribution is 5.92. The third-order valence-corrected chi connectivity index (χ3v) is 4.75. The highest BCUT2D eigenvalue weighted by Crippen LogP contribution is 2.32. The molecule has 0 saturated carbocycles. The van der Waals surface area contributed by atoms with Crippen LogP contribution in [0.25, 0.3) is 0 Å². The van der Waals surface area contributed by atoms with E-state index in [9.17, 15) is 4.79 Å². The molecule has 0 radical (unpaired) electrons. The molecule has 0 fully saturated rings. The predicted molar refractivity (Wildman–Crippen MR) is 96.5 cm³/mol. The summed E-state index contributed by atoms with van der Waals surface area (Å²) < 4.78 is 10.8. The van der Waals surface area contributed by atoms with E-state index in [1.54, 1.807) is 20.4 Å². The van der Waals surface area contributed by atoms with Gasteiger partial charge in [0.05, 0.1) is 14.2 Å². The van der Waals surface area contributed by atoms with Gasteiger partial charge in [-0.1, -0.05) is 6.92 Å². The molecule has 132 valence electrons. The Morgan fingerprint density at radius 3 is 2.20 bits per heavy atom. The van der Waals surface area contributed by atoms with Gasteiger partial charge in [0, 0.05) is 19.3 Å². The van der Waals surface area contributed by atoms with Crippen molar-refractivity contribution in [3.05, 3.63) is 52.8 Å². The first-order valence-corrected chi connectivity index (χ1v) is 8.64. The van der Waals surface area contributed by atoms with E-state index in [4.69, 9.17) is 9.47 Å². The highest BCUT2D eigenvalue weighted by Gasteiger charge is 2.22. The molecule has 0 spiro atoms. The van der Waals surface area contributed by atoms with Gasteiger partial charge in [-0.3, -0.25) is 9.78 Å². The van der Waals surface area contributed by atoms with Gasteiger partial charge in [0.15, 0.2) is 11.5 Å². The van der Waals surface area contributed by atoms with Crippen LogP contribution in [0.15, 0.2) is 30.5 Å². The molecule has 1 amide bonds. The molecular formula is C20H24N2O3. The summed E-state index contributed by atoms with van der Waals surface area (Å²) >= 11 is 0. The van der Waals surface area contributed by atoms with Crippen LogP contribution in [0, 0.1) is 0 Å². The molecule has 5 nitrogen and oxygen atoms in total. The fourth-order valence-electron chi connectivity index (χ4n) is 3.23. The van der Waals surface area contributed by atoms with E-state index in [-0.39, 0.29) is 5.91 Å². The summed E-state index contributed by atoms with van der Waals surface area (Å²) in [5, 5.41) is 0. The van der Waals surface area contributed by atoms with E-state index < -0.39 is 0 Å². The Balaban J connectivity index is 1.80. The Bertz CT molecular complexity index is 739. The number of fused-ring (bicyclic) bond motifs is 1. The van der Waals surface area contributed by atoms with Gasteiger partial charge in [-0.05, 0) is 60.2 Å². The molecule has 1 aliphatic rings. The van der Waals surface area contributed by atoms with Crippen LogP contribution in [0.1, 0.15) is 34.1 Å². The first-order valence-electron chi connectivity index (χ1n) is 8.64. The zero-order valence-electron chi connectivity index (χ0n) is 15.0. The number of nitrogens with zero attached hydrogens (tertiary/aromatic N) is 2. The van der Waals surface area contributed by atoms with E-state index in [0.29, 0.717) is 18.8 Å². The highest BCUT2D eigenvalue weighted by atomic mass is 16.5. The fourth-order valence-corrected chi connectivity index (χ4v) is 3.23. The summed E-state index contributed by atoms with van der Waals surface area (Å²) in [4.78, 5) is 19.0. The standard InChI is InChI=1S/C20H24N2O3/c1-4-14-5-8-21-17(11-14)20(23)22-9-6-15-12-18(24-2)19(25-3)13-16(15)7-10-22/h5,8,11-13H,4,6-7,9-10H2,1-3H3. The van der Waals surface area contributed by atoms with Crippen molar-refractivity contribution in [1.29, 1.82) is 0 Å². The SMILES string of the molecule is CCc1ccnc(C(=O)N2CCc3cc(OC)c(OC)cc3CC2)c1. The van der Waals surface area contributed by atoms with Crippen LogP contribution >= 0.6 is 0 Å². The monoisotopic (exact) mass is 340 g/mol. The normalized spacial score (nSPS) is 13.8. The van der Waals surface area contributed by atoms with Crippen molar-refractivity contribution in [1.82, 2.24) is 9.88 Å². The smallest absolute Gasteiger partial charge is 0.272 e. The number of amides is 1. The fraction of sp³-hybridized carbons (Fsp3) is 0.400. The van der Waals surface area contributed by atoms with Gasteiger partial charge in [-0.15, -0.1) is 0 Å². The van der Waals surface area contributed by atoms with Gasteiger partial charge in [0.2, 0.25) is 0 Å². The van der Waals surface area contributed by atoms with Crippen LogP contribution in [-0.4, -0.2) is 43.1 Å². The van der Waals surface area contributed by atoms with Gasteiger partial charge in [0.25, 0.3) is 5.91 Å². The summed E-state index contributed by atoms with van der Waals surface area (Å²) in [5.74, 6) is 1.47. The van der Waals surface area contributed by atoms with Crippen LogP contribution in [0.4, 0.5) is 0 Å². The van der Waals surface area contributed by atoms with Gasteiger partial charge in [-0.25, -0.2) is 0 Å². The van der Waals surface area contributed by atoms with Crippen molar-refractivity contribution in [2.24, 2.45) is 0 Å². The zero-order chi connectivity index (χ0) is 17.8. The minimum Gasteiger partial charge on any atom is -0.493 e. The number of hydrogen-bond acceptors (Lipinski definition) is 4. The second kappa shape index (κ2) is 7.55. The third-order valence-electron chi connectivity index (χ3n) is 4.75. The van der Waals surface area contributed by atoms with E-state index in [0.717, 1.165) is 36.3 Å². The summed E-state index contributed by atoms with van der Waals surface area (Å²) in [5.41, 5.74) is 4.08. The molecular weight excluding hydrogens is 316 g/mol. The third kappa shape index (κ3) is 3.60. The molecule has 1 aliphatic heterocycles. The lowest BCUT2D eigenvalue weighted by Gasteiger charge is -2.20. The van der Waals surface area contributed by atoms with E-state index in [1.807, 2.05) is 29.2 Å². The number of benzene rings is 1. The zero-order valence-corrected chi connectivity index (χ0v) is 15.0. The maximum absolute atomic E-state index is 12.8. The molecule has 5 heteroatoms. The Kier molecular flexibility index (Phi) is 5.22. The maximum atomic E-state index is 12.8. The summed E-state index contributed by atoms with van der Waals surface area (Å²) in [6.07, 6.45) is 4.21. The van der Waals surface area contributed by atoms with Crippen molar-refractivity contribution in [3.63, 3.8) is 0 Å². The Morgan fingerprint density at radius 2 is 1.68 bits per heavy atom. The van der Waals surface area contributed by atoms with Crippen molar-refractivity contribution >= 4 is 5.91 Å². The van der Waals surface area contributed by atoms with Crippen LogP contribution in [0.5, 0.6) is 11.5 Å². The lowest BCUT2D eigenvalue weighted by atomic mass is 10.0. The predicted octanol–water partition coefficient (Wildman–Crippen LogP) is 2.90. The first kappa shape index (κ1) is 17.3. The first-order chi connectivity index (χ1) is 12.2. The van der Waals surface area contributed by atoms with Crippen molar-refractivity contribution in [2.45, 2.75) is 26.2 Å². The molecule has 2 heterocycles. The summed E-state index contributed by atoms with van der Waals surface area (Å²) in [6, 6.07) is 7.90. The quantitative estimate of drug-likeness (QED) is 0.859. The van der Waals surface area contributed by atoms with Crippen LogP contribution < -0.4 is 9.47 Å². The second-order valence-corrected chi connectivity index (χ2v) is 6.17. The summed E-state index contributed by atoms with van der Waals surface area (Å²) in [7, 11) is 3.28. The van der Waals surface area contributed by atoms with Gasteiger partial charge in [0.1, 0.15) is 5.69 Å². The van der Waals surface area contributed by atoms with E-state index in [2.05, 4.69) is 11.9 Å². The Morgan fingerprint density at radius 1 is 1.08 bits per heavy atom. The van der Waals surface area contributed by atoms with Gasteiger partial charge < -0.3 is 14.4 Å². The van der Waals surface area contributed by atoms with Gasteiger partial charge >= 0.3 is 0 Å². The molecule has 0 saturated heterocycles. The average molecular weight is 340 g/mol. The number of aromatic nitrogens is 1. The molecule has 0 N–H and O–H groups in total. The van der Waals surface area contributed by atoms with Crippen molar-refractivity contribution in [3.8, 4) is 11.5 Å². The van der Waals surface area contributed by atoms with E-state index >= 15 is 0 Å². The number of carbonyl (C=O) groups is 1. The minimum atomic E-state index is 0.00189.